The molecule has 1 heterocycles. The summed E-state index contributed by atoms with van der Waals surface area (Å²) >= 11 is 0. The van der Waals surface area contributed by atoms with E-state index in [1.165, 1.54) is 31.1 Å². The number of rotatable bonds is 6. The molecule has 8 N–H and O–H groups in total. The molecule has 0 bridgehead atoms. The minimum absolute atomic E-state index is 0.0756. The van der Waals surface area contributed by atoms with Gasteiger partial charge in [0.15, 0.2) is 22.8 Å². The Morgan fingerprint density at radius 3 is 2.49 bits per heavy atom. The Hall–Kier alpha value is -4.73. The zero-order chi connectivity index (χ0) is 31.7. The number of hydrogen-bond acceptors (Lipinski definition) is 14. The molecule has 0 spiro atoms. The molecule has 15 heteroatoms. The quantitative estimate of drug-likeness (QED) is 0.136. The minimum atomic E-state index is -3.02. The highest BCUT2D eigenvalue weighted by molar-refractivity contribution is 6.25. The third-order valence-corrected chi connectivity index (χ3v) is 8.36. The number of aliphatic hydroxyl groups excluding tert-OH is 3. The number of aliphatic hydroxyl groups is 4. The van der Waals surface area contributed by atoms with Crippen molar-refractivity contribution in [2.24, 2.45) is 17.6 Å². The lowest BCUT2D eigenvalue weighted by Crippen LogP contribution is -2.68. The number of ether oxygens (including phenoxy) is 1. The van der Waals surface area contributed by atoms with E-state index in [2.05, 4.69) is 10.3 Å². The number of phenols is 1. The number of nitrogens with zero attached hydrogens (tertiary/aromatic N) is 2. The number of ketones is 2. The van der Waals surface area contributed by atoms with E-state index in [1.807, 2.05) is 0 Å². The number of primary amides is 1. The van der Waals surface area contributed by atoms with E-state index >= 15 is 0 Å². The van der Waals surface area contributed by atoms with Crippen LogP contribution in [0.25, 0.3) is 0 Å². The van der Waals surface area contributed by atoms with Crippen molar-refractivity contribution in [2.75, 3.05) is 26.0 Å². The highest BCUT2D eigenvalue weighted by Gasteiger charge is 2.67. The summed E-state index contributed by atoms with van der Waals surface area (Å²) in [7, 11) is 2.92. The molecule has 0 saturated heterocycles. The molecular formula is C28H30N4O11. The van der Waals surface area contributed by atoms with Crippen LogP contribution in [0.15, 0.2) is 45.5 Å². The van der Waals surface area contributed by atoms with Crippen LogP contribution in [0.5, 0.6) is 5.75 Å². The smallest absolute Gasteiger partial charge is 0.360 e. The number of nitrogens with two attached hydrogens (primary N) is 1. The first-order chi connectivity index (χ1) is 20.2. The zero-order valence-electron chi connectivity index (χ0n) is 23.5. The molecule has 0 aliphatic heterocycles. The number of anilines is 2. The molecule has 1 aromatic heterocycles. The lowest BCUT2D eigenvalue weighted by molar-refractivity contribution is -0.162. The van der Waals surface area contributed by atoms with Crippen molar-refractivity contribution in [3.63, 3.8) is 0 Å². The molecule has 3 aliphatic rings. The fourth-order valence-electron chi connectivity index (χ4n) is 6.47. The summed E-state index contributed by atoms with van der Waals surface area (Å²) in [6.07, 6.45) is -0.671. The van der Waals surface area contributed by atoms with Crippen LogP contribution in [0.3, 0.4) is 0 Å². The van der Waals surface area contributed by atoms with E-state index in [4.69, 9.17) is 14.9 Å². The number of carbonyl (C=O) groups excluding carboxylic acids is 4. The third kappa shape index (κ3) is 4.11. The number of aromatic nitrogens is 1. The number of nitrogens with one attached hydrogen (secondary N) is 1. The number of benzene rings is 1. The van der Waals surface area contributed by atoms with Crippen LogP contribution in [-0.4, -0.2) is 97.3 Å². The second-order valence-corrected chi connectivity index (χ2v) is 10.9. The van der Waals surface area contributed by atoms with Crippen LogP contribution in [0.1, 0.15) is 46.2 Å². The second-order valence-electron chi connectivity index (χ2n) is 10.9. The van der Waals surface area contributed by atoms with Gasteiger partial charge in [0, 0.05) is 11.5 Å². The minimum Gasteiger partial charge on any atom is -0.510 e. The molecule has 2 aromatic rings. The summed E-state index contributed by atoms with van der Waals surface area (Å²) in [6.45, 7) is 3.34. The highest BCUT2D eigenvalue weighted by Crippen LogP contribution is 2.56. The van der Waals surface area contributed by atoms with Crippen LogP contribution < -0.4 is 11.1 Å². The van der Waals surface area contributed by atoms with Crippen molar-refractivity contribution in [3.8, 4) is 5.75 Å². The molecule has 0 saturated carbocycles. The van der Waals surface area contributed by atoms with Crippen LogP contribution >= 0.6 is 0 Å². The summed E-state index contributed by atoms with van der Waals surface area (Å²) in [6, 6.07) is 1.34. The van der Waals surface area contributed by atoms with Gasteiger partial charge in [0.2, 0.25) is 5.78 Å². The van der Waals surface area contributed by atoms with Gasteiger partial charge in [-0.25, -0.2) is 4.79 Å². The Kier molecular flexibility index (Phi) is 7.07. The topological polar surface area (TPSA) is 246 Å². The van der Waals surface area contributed by atoms with Gasteiger partial charge in [-0.05, 0) is 38.6 Å². The maximum Gasteiger partial charge on any atom is 0.360 e. The number of aromatic hydroxyl groups is 1. The third-order valence-electron chi connectivity index (χ3n) is 8.36. The van der Waals surface area contributed by atoms with Gasteiger partial charge >= 0.3 is 5.97 Å². The van der Waals surface area contributed by atoms with E-state index in [9.17, 15) is 44.7 Å². The predicted molar refractivity (Wildman–Crippen MR) is 146 cm³/mol. The van der Waals surface area contributed by atoms with Gasteiger partial charge in [-0.2, -0.15) is 4.98 Å². The summed E-state index contributed by atoms with van der Waals surface area (Å²) < 4.78 is 10.1. The van der Waals surface area contributed by atoms with E-state index < -0.39 is 87.4 Å². The number of likely N-dealkylation sites (N-methyl/N-ethyl adjacent to an activating group) is 1. The van der Waals surface area contributed by atoms with Crippen LogP contribution in [-0.2, 0) is 14.3 Å². The van der Waals surface area contributed by atoms with Crippen LogP contribution in [0, 0.1) is 11.8 Å². The first kappa shape index (κ1) is 29.8. The number of hydrogen-bond donors (Lipinski definition) is 7. The molecule has 228 valence electrons. The fourth-order valence-corrected chi connectivity index (χ4v) is 6.47. The van der Waals surface area contributed by atoms with Gasteiger partial charge < -0.3 is 45.7 Å². The van der Waals surface area contributed by atoms with E-state index in [1.54, 1.807) is 13.8 Å². The van der Waals surface area contributed by atoms with Crippen molar-refractivity contribution in [2.45, 2.75) is 37.5 Å². The first-order valence-electron chi connectivity index (χ1n) is 13.3. The van der Waals surface area contributed by atoms with Crippen LogP contribution in [0.4, 0.5) is 11.7 Å². The lowest BCUT2D eigenvalue weighted by atomic mass is 9.55. The summed E-state index contributed by atoms with van der Waals surface area (Å²) in [5.74, 6) is -10.7. The number of oxazole rings is 1. The molecule has 0 radical (unpaired) electrons. The normalized spacial score (nSPS) is 28.4. The number of carbonyl (C=O) groups is 4. The highest BCUT2D eigenvalue weighted by atomic mass is 16.5. The number of amides is 1. The van der Waals surface area contributed by atoms with Crippen molar-refractivity contribution in [1.82, 2.24) is 9.88 Å². The van der Waals surface area contributed by atoms with Gasteiger partial charge in [-0.3, -0.25) is 19.3 Å². The van der Waals surface area contributed by atoms with Gasteiger partial charge in [0.25, 0.3) is 11.9 Å². The standard InChI is InChI=1S/C28H30N4O11/c1-5-42-26(40)12-8-43-27(31-12)30-11-7-6-10-9(2)13-15(20(34)14(10)19(11)33)23(37)28(41)17(21(13)35)18(32(3)4)22(36)16(24(28)38)25(29)39/h6-9,13,17-18,21,33,35-37,41H,5H2,1-4H3,(H2,29,39)(H,30,31). The predicted octanol–water partition coefficient (Wildman–Crippen LogP) is 0.561. The van der Waals surface area contributed by atoms with Gasteiger partial charge in [0.05, 0.1) is 35.9 Å². The fraction of sp³-hybridized carbons (Fsp3) is 0.393. The maximum atomic E-state index is 14.0. The van der Waals surface area contributed by atoms with Crippen molar-refractivity contribution < 1.29 is 53.9 Å². The zero-order valence-corrected chi connectivity index (χ0v) is 23.5. The molecule has 15 nitrogen and oxygen atoms in total. The Balaban J connectivity index is 1.63. The van der Waals surface area contributed by atoms with Crippen molar-refractivity contribution >= 4 is 35.1 Å². The summed E-state index contributed by atoms with van der Waals surface area (Å²) in [4.78, 5) is 56.8. The maximum absolute atomic E-state index is 14.0. The van der Waals surface area contributed by atoms with E-state index in [0.717, 1.165) is 6.26 Å². The SMILES string of the molecule is CCOC(=O)c1coc(Nc2ccc3c(c2O)C(=O)C2=C(O)C4(O)C(=O)C(C(N)=O)=C(O)C(N(C)C)C4C(O)C2C3C)n1. The molecule has 1 aromatic carbocycles. The Morgan fingerprint density at radius 1 is 1.21 bits per heavy atom. The average Bonchev–Trinajstić information content (AvgIpc) is 3.40. The van der Waals surface area contributed by atoms with Crippen LogP contribution in [0.2, 0.25) is 0 Å². The van der Waals surface area contributed by atoms with Gasteiger partial charge in [-0.15, -0.1) is 0 Å². The molecule has 6 atom stereocenters. The van der Waals surface area contributed by atoms with Gasteiger partial charge in [0.1, 0.15) is 23.4 Å². The Bertz CT molecular complexity index is 1640. The Morgan fingerprint density at radius 2 is 1.88 bits per heavy atom. The summed E-state index contributed by atoms with van der Waals surface area (Å²) in [5.41, 5.74) is 0.548. The number of fused-ring (bicyclic) bond motifs is 3. The van der Waals surface area contributed by atoms with E-state index in [-0.39, 0.29) is 35.1 Å². The number of esters is 1. The lowest BCUT2D eigenvalue weighted by Gasteiger charge is -2.53. The van der Waals surface area contributed by atoms with Gasteiger partial charge in [-0.1, -0.05) is 13.0 Å². The van der Waals surface area contributed by atoms with Crippen molar-refractivity contribution in [3.05, 3.63) is 57.9 Å². The molecular weight excluding hydrogens is 568 g/mol. The molecule has 0 fully saturated rings. The average molecular weight is 599 g/mol. The number of Topliss-reactive ketones (excluding diaryl/α,β-unsaturated/α-hetero) is 2. The Labute approximate surface area is 243 Å². The van der Waals surface area contributed by atoms with E-state index in [0.29, 0.717) is 0 Å². The number of phenolic OH excluding ortho intramolecular Hbond substituents is 1. The molecule has 1 amide bonds. The first-order valence-corrected chi connectivity index (χ1v) is 13.3. The second kappa shape index (κ2) is 10.2. The summed E-state index contributed by atoms with van der Waals surface area (Å²) in [5, 5.41) is 59.6. The monoisotopic (exact) mass is 598 g/mol. The molecule has 6 unspecified atom stereocenters. The van der Waals surface area contributed by atoms with Crippen molar-refractivity contribution in [1.29, 1.82) is 0 Å². The molecule has 5 rings (SSSR count). The largest absolute Gasteiger partial charge is 0.510 e. The molecule has 3 aliphatic carbocycles. The molecule has 43 heavy (non-hydrogen) atoms.